The lowest BCUT2D eigenvalue weighted by Crippen LogP contribution is -2.06. The number of hydrogen-bond acceptors (Lipinski definition) is 5. The van der Waals surface area contributed by atoms with Gasteiger partial charge in [-0.2, -0.15) is 5.10 Å². The van der Waals surface area contributed by atoms with Gasteiger partial charge in [-0.25, -0.2) is 15.0 Å². The molecule has 0 bridgehead atoms. The number of hydrogen-bond donors (Lipinski definition) is 1. The van der Waals surface area contributed by atoms with Crippen LogP contribution >= 0.6 is 0 Å². The predicted octanol–water partition coefficient (Wildman–Crippen LogP) is 2.11. The Morgan fingerprint density at radius 2 is 2.14 bits per heavy atom. The second kappa shape index (κ2) is 5.87. The largest absolute Gasteiger partial charge is 0.368 e. The molecule has 0 aliphatic rings. The summed E-state index contributed by atoms with van der Waals surface area (Å²) in [6.07, 6.45) is 7.54. The monoisotopic (exact) mass is 282 g/mol. The van der Waals surface area contributed by atoms with E-state index in [-0.39, 0.29) is 0 Å². The molecule has 0 amide bonds. The molecule has 6 heteroatoms. The fourth-order valence-corrected chi connectivity index (χ4v) is 2.27. The summed E-state index contributed by atoms with van der Waals surface area (Å²) in [5.74, 6) is 0.801. The molecule has 0 fully saturated rings. The Balaban J connectivity index is 1.64. The molecule has 0 saturated carbocycles. The molecular weight excluding hydrogens is 264 g/mol. The maximum absolute atomic E-state index is 4.52. The highest BCUT2D eigenvalue weighted by molar-refractivity contribution is 5.84. The SMILES string of the molecule is Cc1ccc2ncnc(NCCCc3cnn(C)c3)c2n1. The van der Waals surface area contributed by atoms with E-state index < -0.39 is 0 Å². The van der Waals surface area contributed by atoms with Crippen LogP contribution in [0.15, 0.2) is 30.9 Å². The first kappa shape index (κ1) is 13.5. The summed E-state index contributed by atoms with van der Waals surface area (Å²) in [5, 5.41) is 7.52. The third-order valence-corrected chi connectivity index (χ3v) is 3.31. The highest BCUT2D eigenvalue weighted by Gasteiger charge is 2.05. The molecule has 1 N–H and O–H groups in total. The number of aryl methyl sites for hydroxylation is 3. The number of nitrogens with one attached hydrogen (secondary N) is 1. The molecule has 0 radical (unpaired) electrons. The van der Waals surface area contributed by atoms with Crippen LogP contribution in [0.2, 0.25) is 0 Å². The van der Waals surface area contributed by atoms with Crippen molar-refractivity contribution in [2.45, 2.75) is 19.8 Å². The smallest absolute Gasteiger partial charge is 0.156 e. The highest BCUT2D eigenvalue weighted by Crippen LogP contribution is 2.17. The summed E-state index contributed by atoms with van der Waals surface area (Å²) in [6.45, 7) is 2.81. The minimum absolute atomic E-state index is 0.801. The van der Waals surface area contributed by atoms with Crippen molar-refractivity contribution in [3.05, 3.63) is 42.1 Å². The van der Waals surface area contributed by atoms with Gasteiger partial charge in [-0.1, -0.05) is 0 Å². The van der Waals surface area contributed by atoms with E-state index in [4.69, 9.17) is 0 Å². The Bertz CT molecular complexity index is 749. The lowest BCUT2D eigenvalue weighted by Gasteiger charge is -2.07. The number of rotatable bonds is 5. The van der Waals surface area contributed by atoms with Gasteiger partial charge in [0.1, 0.15) is 11.8 Å². The zero-order valence-electron chi connectivity index (χ0n) is 12.2. The Hall–Kier alpha value is -2.50. The Kier molecular flexibility index (Phi) is 3.77. The molecule has 0 spiro atoms. The maximum atomic E-state index is 4.52. The van der Waals surface area contributed by atoms with Crippen LogP contribution in [0.5, 0.6) is 0 Å². The van der Waals surface area contributed by atoms with Crippen LogP contribution in [0.3, 0.4) is 0 Å². The molecular formula is C15H18N6. The van der Waals surface area contributed by atoms with Crippen molar-refractivity contribution >= 4 is 16.9 Å². The molecule has 3 aromatic rings. The zero-order chi connectivity index (χ0) is 14.7. The molecule has 0 saturated heterocycles. The van der Waals surface area contributed by atoms with Gasteiger partial charge >= 0.3 is 0 Å². The molecule has 0 aliphatic carbocycles. The minimum Gasteiger partial charge on any atom is -0.368 e. The van der Waals surface area contributed by atoms with E-state index in [0.29, 0.717) is 0 Å². The average Bonchev–Trinajstić information content (AvgIpc) is 2.89. The van der Waals surface area contributed by atoms with Crippen LogP contribution in [0.1, 0.15) is 17.7 Å². The molecule has 108 valence electrons. The first-order chi connectivity index (χ1) is 10.2. The van der Waals surface area contributed by atoms with E-state index in [0.717, 1.165) is 41.9 Å². The van der Waals surface area contributed by atoms with Crippen LogP contribution in [0, 0.1) is 6.92 Å². The molecule has 0 atom stereocenters. The topological polar surface area (TPSA) is 68.5 Å². The summed E-state index contributed by atoms with van der Waals surface area (Å²) in [5.41, 5.74) is 3.92. The van der Waals surface area contributed by atoms with Crippen LogP contribution in [-0.4, -0.2) is 31.3 Å². The van der Waals surface area contributed by atoms with Crippen molar-refractivity contribution in [1.29, 1.82) is 0 Å². The lowest BCUT2D eigenvalue weighted by molar-refractivity contribution is 0.765. The second-order valence-electron chi connectivity index (χ2n) is 5.10. The van der Waals surface area contributed by atoms with E-state index in [1.54, 1.807) is 6.33 Å². The van der Waals surface area contributed by atoms with Gasteiger partial charge in [-0.05, 0) is 37.5 Å². The molecule has 0 unspecified atom stereocenters. The van der Waals surface area contributed by atoms with Gasteiger partial charge in [-0.15, -0.1) is 0 Å². The van der Waals surface area contributed by atoms with Crippen molar-refractivity contribution in [2.24, 2.45) is 7.05 Å². The van der Waals surface area contributed by atoms with E-state index in [1.165, 1.54) is 5.56 Å². The van der Waals surface area contributed by atoms with Crippen molar-refractivity contribution in [1.82, 2.24) is 24.7 Å². The summed E-state index contributed by atoms with van der Waals surface area (Å²) >= 11 is 0. The summed E-state index contributed by atoms with van der Waals surface area (Å²) < 4.78 is 1.83. The average molecular weight is 282 g/mol. The number of nitrogens with zero attached hydrogens (tertiary/aromatic N) is 5. The standard InChI is InChI=1S/C15H18N6/c1-11-5-6-13-14(20-11)15(18-10-17-13)16-7-3-4-12-8-19-21(2)9-12/h5-6,8-10H,3-4,7H2,1-2H3,(H,16,17,18). The summed E-state index contributed by atoms with van der Waals surface area (Å²) in [6, 6.07) is 3.93. The zero-order valence-corrected chi connectivity index (χ0v) is 12.2. The quantitative estimate of drug-likeness (QED) is 0.726. The Morgan fingerprint density at radius 1 is 1.24 bits per heavy atom. The van der Waals surface area contributed by atoms with Gasteiger partial charge in [-0.3, -0.25) is 4.68 Å². The van der Waals surface area contributed by atoms with Crippen molar-refractivity contribution < 1.29 is 0 Å². The van der Waals surface area contributed by atoms with Crippen molar-refractivity contribution in [2.75, 3.05) is 11.9 Å². The fraction of sp³-hybridized carbons (Fsp3) is 0.333. The molecule has 6 nitrogen and oxygen atoms in total. The van der Waals surface area contributed by atoms with Crippen LogP contribution in [-0.2, 0) is 13.5 Å². The van der Waals surface area contributed by atoms with Gasteiger partial charge in [0.05, 0.1) is 11.7 Å². The van der Waals surface area contributed by atoms with Crippen molar-refractivity contribution in [3.8, 4) is 0 Å². The first-order valence-corrected chi connectivity index (χ1v) is 7.02. The second-order valence-corrected chi connectivity index (χ2v) is 5.10. The Labute approximate surface area is 123 Å². The van der Waals surface area contributed by atoms with Crippen LogP contribution < -0.4 is 5.32 Å². The van der Waals surface area contributed by atoms with Gasteiger partial charge in [0.15, 0.2) is 5.82 Å². The number of fused-ring (bicyclic) bond motifs is 1. The van der Waals surface area contributed by atoms with Gasteiger partial charge in [0.25, 0.3) is 0 Å². The number of pyridine rings is 1. The van der Waals surface area contributed by atoms with E-state index in [9.17, 15) is 0 Å². The number of anilines is 1. The molecule has 0 aromatic carbocycles. The minimum atomic E-state index is 0.801. The summed E-state index contributed by atoms with van der Waals surface area (Å²) in [4.78, 5) is 13.0. The van der Waals surface area contributed by atoms with E-state index in [1.807, 2.05) is 43.2 Å². The first-order valence-electron chi connectivity index (χ1n) is 7.02. The van der Waals surface area contributed by atoms with Crippen molar-refractivity contribution in [3.63, 3.8) is 0 Å². The molecule has 3 heterocycles. The van der Waals surface area contributed by atoms with Crippen LogP contribution in [0.4, 0.5) is 5.82 Å². The molecule has 0 aliphatic heterocycles. The van der Waals surface area contributed by atoms with Crippen LogP contribution in [0.25, 0.3) is 11.0 Å². The molecule has 3 aromatic heterocycles. The maximum Gasteiger partial charge on any atom is 0.156 e. The van der Waals surface area contributed by atoms with Gasteiger partial charge in [0.2, 0.25) is 0 Å². The fourth-order valence-electron chi connectivity index (χ4n) is 2.27. The van der Waals surface area contributed by atoms with E-state index >= 15 is 0 Å². The summed E-state index contributed by atoms with van der Waals surface area (Å²) in [7, 11) is 1.93. The highest BCUT2D eigenvalue weighted by atomic mass is 15.2. The third-order valence-electron chi connectivity index (χ3n) is 3.31. The number of aromatic nitrogens is 5. The van der Waals surface area contributed by atoms with Gasteiger partial charge in [0, 0.05) is 25.5 Å². The Morgan fingerprint density at radius 3 is 2.95 bits per heavy atom. The third kappa shape index (κ3) is 3.16. The predicted molar refractivity (Wildman–Crippen MR) is 82.1 cm³/mol. The van der Waals surface area contributed by atoms with E-state index in [2.05, 4.69) is 25.4 Å². The normalized spacial score (nSPS) is 11.0. The molecule has 21 heavy (non-hydrogen) atoms. The lowest BCUT2D eigenvalue weighted by atomic mass is 10.2. The molecule has 3 rings (SSSR count). The van der Waals surface area contributed by atoms with Gasteiger partial charge < -0.3 is 5.32 Å².